The van der Waals surface area contributed by atoms with E-state index in [1.165, 1.54) is 18.2 Å². The average molecular weight is 379 g/mol. The molecule has 5 nitrogen and oxygen atoms in total. The second-order valence-electron chi connectivity index (χ2n) is 6.25. The van der Waals surface area contributed by atoms with E-state index in [4.69, 9.17) is 11.6 Å². The summed E-state index contributed by atoms with van der Waals surface area (Å²) in [5, 5.41) is 3.27. The van der Waals surface area contributed by atoms with Gasteiger partial charge >= 0.3 is 0 Å². The predicted molar refractivity (Wildman–Crippen MR) is 99.6 cm³/mol. The number of anilines is 1. The Morgan fingerprint density at radius 3 is 2.50 bits per heavy atom. The summed E-state index contributed by atoms with van der Waals surface area (Å²) >= 11 is 5.85. The number of amides is 2. The van der Waals surface area contributed by atoms with Crippen molar-refractivity contribution in [1.29, 1.82) is 0 Å². The highest BCUT2D eigenvalue weighted by Crippen LogP contribution is 2.11. The van der Waals surface area contributed by atoms with Gasteiger partial charge in [0.25, 0.3) is 11.8 Å². The average Bonchev–Trinajstić information content (AvgIpc) is 2.56. The van der Waals surface area contributed by atoms with Crippen molar-refractivity contribution in [1.82, 2.24) is 4.90 Å². The molecule has 1 unspecified atom stereocenters. The largest absolute Gasteiger partial charge is 0.337 e. The number of likely N-dealkylation sites (N-methyl/N-ethyl adjacent to an activating group) is 2. The van der Waals surface area contributed by atoms with Gasteiger partial charge in [0.2, 0.25) is 0 Å². The second-order valence-corrected chi connectivity index (χ2v) is 6.68. The number of quaternary nitrogens is 1. The van der Waals surface area contributed by atoms with Crippen LogP contribution < -0.4 is 10.2 Å². The molecular formula is C19H22ClFN3O2+. The molecule has 2 amide bonds. The molecule has 0 heterocycles. The smallest absolute Gasteiger partial charge is 0.279 e. The van der Waals surface area contributed by atoms with Crippen molar-refractivity contribution >= 4 is 29.1 Å². The molecule has 2 aromatic carbocycles. The van der Waals surface area contributed by atoms with Gasteiger partial charge in [0.1, 0.15) is 5.82 Å². The Labute approximate surface area is 157 Å². The van der Waals surface area contributed by atoms with Crippen LogP contribution in [0.15, 0.2) is 48.5 Å². The number of rotatable bonds is 7. The molecule has 2 aromatic rings. The Morgan fingerprint density at radius 1 is 1.15 bits per heavy atom. The first-order valence-corrected chi connectivity index (χ1v) is 8.56. The van der Waals surface area contributed by atoms with Crippen molar-refractivity contribution in [3.05, 3.63) is 64.9 Å². The van der Waals surface area contributed by atoms with Crippen LogP contribution in [0, 0.1) is 5.82 Å². The fourth-order valence-electron chi connectivity index (χ4n) is 2.45. The molecule has 0 saturated carbocycles. The normalized spacial score (nSPS) is 11.7. The number of nitrogens with one attached hydrogen (secondary N) is 2. The Bertz CT molecular complexity index is 768. The third-order valence-electron chi connectivity index (χ3n) is 3.78. The summed E-state index contributed by atoms with van der Waals surface area (Å²) in [4.78, 5) is 26.7. The highest BCUT2D eigenvalue weighted by atomic mass is 35.5. The highest BCUT2D eigenvalue weighted by Gasteiger charge is 2.17. The minimum Gasteiger partial charge on any atom is -0.337 e. The monoisotopic (exact) mass is 378 g/mol. The summed E-state index contributed by atoms with van der Waals surface area (Å²) in [6.45, 7) is 0.760. The lowest BCUT2D eigenvalue weighted by atomic mass is 10.2. The van der Waals surface area contributed by atoms with Crippen LogP contribution in [0.3, 0.4) is 0 Å². The Balaban J connectivity index is 1.80. The standard InChI is InChI=1S/C19H21ClFN3O2/c1-23(12-18(25)22-17-5-3-4-16(21)10-17)13-19(26)24(2)11-14-6-8-15(20)9-7-14/h3-10H,11-13H2,1-2H3,(H,22,25)/p+1. The fourth-order valence-corrected chi connectivity index (χ4v) is 2.58. The third-order valence-corrected chi connectivity index (χ3v) is 4.03. The third kappa shape index (κ3) is 6.46. The first-order chi connectivity index (χ1) is 12.3. The zero-order chi connectivity index (χ0) is 19.1. The van der Waals surface area contributed by atoms with E-state index >= 15 is 0 Å². The van der Waals surface area contributed by atoms with Gasteiger partial charge in [0.15, 0.2) is 13.1 Å². The first kappa shape index (κ1) is 19.9. The molecule has 1 atom stereocenters. The Kier molecular flexibility index (Phi) is 7.12. The van der Waals surface area contributed by atoms with E-state index in [9.17, 15) is 14.0 Å². The van der Waals surface area contributed by atoms with Crippen LogP contribution in [0.1, 0.15) is 5.56 Å². The van der Waals surface area contributed by atoms with Gasteiger partial charge in [-0.3, -0.25) is 9.59 Å². The Morgan fingerprint density at radius 2 is 1.85 bits per heavy atom. The first-order valence-electron chi connectivity index (χ1n) is 8.18. The molecule has 0 radical (unpaired) electrons. The SMILES string of the molecule is CN(Cc1ccc(Cl)cc1)C(=O)C[NH+](C)CC(=O)Nc1cccc(F)c1. The molecule has 2 rings (SSSR count). The number of nitrogens with zero attached hydrogens (tertiary/aromatic N) is 1. The van der Waals surface area contributed by atoms with E-state index < -0.39 is 5.82 Å². The molecule has 7 heteroatoms. The maximum Gasteiger partial charge on any atom is 0.279 e. The molecule has 0 fully saturated rings. The molecule has 0 aliphatic heterocycles. The van der Waals surface area contributed by atoms with Crippen molar-refractivity contribution in [2.45, 2.75) is 6.54 Å². The van der Waals surface area contributed by atoms with Gasteiger partial charge in [-0.05, 0) is 35.9 Å². The summed E-state index contributed by atoms with van der Waals surface area (Å²) in [6.07, 6.45) is 0. The molecule has 2 N–H and O–H groups in total. The van der Waals surface area contributed by atoms with Gasteiger partial charge in [-0.25, -0.2) is 4.39 Å². The number of carbonyl (C=O) groups excluding carboxylic acids is 2. The summed E-state index contributed by atoms with van der Waals surface area (Å²) in [5.41, 5.74) is 1.38. The minimum atomic E-state index is -0.414. The van der Waals surface area contributed by atoms with E-state index in [2.05, 4.69) is 5.32 Å². The van der Waals surface area contributed by atoms with Crippen LogP contribution in [-0.4, -0.2) is 43.9 Å². The maximum absolute atomic E-state index is 13.1. The quantitative estimate of drug-likeness (QED) is 0.768. The summed E-state index contributed by atoms with van der Waals surface area (Å²) in [5.74, 6) is -0.764. The summed E-state index contributed by atoms with van der Waals surface area (Å²) < 4.78 is 13.1. The van der Waals surface area contributed by atoms with Gasteiger partial charge in [-0.15, -0.1) is 0 Å². The van der Waals surface area contributed by atoms with Crippen molar-refractivity contribution in [2.75, 3.05) is 32.5 Å². The fraction of sp³-hybridized carbons (Fsp3) is 0.263. The molecule has 0 spiro atoms. The number of carbonyl (C=O) groups is 2. The molecule has 0 saturated heterocycles. The molecule has 0 aliphatic rings. The van der Waals surface area contributed by atoms with E-state index in [-0.39, 0.29) is 24.9 Å². The molecule has 26 heavy (non-hydrogen) atoms. The lowest BCUT2D eigenvalue weighted by Gasteiger charge is -2.20. The van der Waals surface area contributed by atoms with Crippen molar-refractivity contribution in [3.8, 4) is 0 Å². The van der Waals surface area contributed by atoms with Gasteiger partial charge in [0.05, 0.1) is 7.05 Å². The van der Waals surface area contributed by atoms with E-state index in [1.54, 1.807) is 37.2 Å². The van der Waals surface area contributed by atoms with Crippen molar-refractivity contribution in [3.63, 3.8) is 0 Å². The van der Waals surface area contributed by atoms with Crippen LogP contribution in [0.5, 0.6) is 0 Å². The Hall–Kier alpha value is -2.44. The molecule has 0 aromatic heterocycles. The van der Waals surface area contributed by atoms with Gasteiger partial charge in [0, 0.05) is 24.3 Å². The topological polar surface area (TPSA) is 53.9 Å². The maximum atomic E-state index is 13.1. The van der Waals surface area contributed by atoms with Crippen LogP contribution in [0.4, 0.5) is 10.1 Å². The van der Waals surface area contributed by atoms with Crippen LogP contribution in [0.25, 0.3) is 0 Å². The van der Waals surface area contributed by atoms with Crippen LogP contribution in [0.2, 0.25) is 5.02 Å². The van der Waals surface area contributed by atoms with Gasteiger partial charge in [-0.2, -0.15) is 0 Å². The summed E-state index contributed by atoms with van der Waals surface area (Å²) in [6, 6.07) is 13.0. The van der Waals surface area contributed by atoms with Crippen molar-refractivity contribution < 1.29 is 18.9 Å². The van der Waals surface area contributed by atoms with E-state index in [0.717, 1.165) is 10.5 Å². The lowest BCUT2D eigenvalue weighted by molar-refractivity contribution is -0.862. The number of hydrogen-bond acceptors (Lipinski definition) is 2. The predicted octanol–water partition coefficient (Wildman–Crippen LogP) is 1.59. The summed E-state index contributed by atoms with van der Waals surface area (Å²) in [7, 11) is 3.48. The number of halogens is 2. The zero-order valence-corrected chi connectivity index (χ0v) is 15.5. The van der Waals surface area contributed by atoms with Gasteiger partial charge < -0.3 is 15.1 Å². The molecule has 0 bridgehead atoms. The number of benzene rings is 2. The highest BCUT2D eigenvalue weighted by molar-refractivity contribution is 6.30. The molecule has 138 valence electrons. The van der Waals surface area contributed by atoms with E-state index in [1.807, 2.05) is 12.1 Å². The zero-order valence-electron chi connectivity index (χ0n) is 14.8. The van der Waals surface area contributed by atoms with Crippen molar-refractivity contribution in [2.24, 2.45) is 0 Å². The minimum absolute atomic E-state index is 0.0731. The lowest BCUT2D eigenvalue weighted by Crippen LogP contribution is -3.11. The molecule has 0 aliphatic carbocycles. The van der Waals surface area contributed by atoms with Crippen LogP contribution >= 0.6 is 11.6 Å². The molecular weight excluding hydrogens is 357 g/mol. The van der Waals surface area contributed by atoms with Crippen LogP contribution in [-0.2, 0) is 16.1 Å². The van der Waals surface area contributed by atoms with Gasteiger partial charge in [-0.1, -0.05) is 29.8 Å². The second kappa shape index (κ2) is 9.31. The number of hydrogen-bond donors (Lipinski definition) is 2. The van der Waals surface area contributed by atoms with E-state index in [0.29, 0.717) is 17.3 Å².